The van der Waals surface area contributed by atoms with Crippen LogP contribution in [0.5, 0.6) is 0 Å². The van der Waals surface area contributed by atoms with E-state index in [0.29, 0.717) is 24.1 Å². The maximum absolute atomic E-state index is 12.5. The fourth-order valence-corrected chi connectivity index (χ4v) is 2.74. The molecule has 0 spiro atoms. The van der Waals surface area contributed by atoms with Crippen LogP contribution in [-0.2, 0) is 6.42 Å². The Bertz CT molecular complexity index is 954. The minimum atomic E-state index is -1.00. The zero-order valence-electron chi connectivity index (χ0n) is 14.6. The highest BCUT2D eigenvalue weighted by Crippen LogP contribution is 2.20. The minimum Gasteiger partial charge on any atom is -0.478 e. The Morgan fingerprint density at radius 3 is 2.37 bits per heavy atom. The Labute approximate surface area is 156 Å². The standard InChI is InChI=1S/C21H19N3O3/c22-20-19(18(25)8-4-7-14-5-2-1-3-6-14)24-17(13-23-20)15-9-11-16(12-10-15)21(26)27/h1-3,5-6,9-13H,4,7-8H2,(H2,22,23)(H,26,27). The minimum absolute atomic E-state index is 0.102. The van der Waals surface area contributed by atoms with Gasteiger partial charge in [-0.2, -0.15) is 0 Å². The molecule has 0 atom stereocenters. The number of carboxylic acid groups (broad SMARTS) is 1. The van der Waals surface area contributed by atoms with Gasteiger partial charge in [0.1, 0.15) is 5.69 Å². The molecule has 0 fully saturated rings. The summed E-state index contributed by atoms with van der Waals surface area (Å²) >= 11 is 0. The van der Waals surface area contributed by atoms with E-state index >= 15 is 0 Å². The lowest BCUT2D eigenvalue weighted by Gasteiger charge is -2.07. The quantitative estimate of drug-likeness (QED) is 0.622. The summed E-state index contributed by atoms with van der Waals surface area (Å²) in [4.78, 5) is 31.9. The van der Waals surface area contributed by atoms with Crippen molar-refractivity contribution in [2.24, 2.45) is 0 Å². The molecule has 6 nitrogen and oxygen atoms in total. The molecule has 3 N–H and O–H groups in total. The molecule has 0 aliphatic heterocycles. The number of anilines is 1. The first kappa shape index (κ1) is 18.3. The van der Waals surface area contributed by atoms with Crippen LogP contribution in [0.1, 0.15) is 39.3 Å². The summed E-state index contributed by atoms with van der Waals surface area (Å²) in [6.45, 7) is 0. The number of rotatable bonds is 7. The number of benzene rings is 2. The van der Waals surface area contributed by atoms with Crippen molar-refractivity contribution in [2.75, 3.05) is 5.73 Å². The normalized spacial score (nSPS) is 10.5. The Morgan fingerprint density at radius 2 is 1.70 bits per heavy atom. The number of ketones is 1. The molecular formula is C21H19N3O3. The van der Waals surface area contributed by atoms with Gasteiger partial charge in [0.05, 0.1) is 17.5 Å². The third kappa shape index (κ3) is 4.55. The highest BCUT2D eigenvalue weighted by Gasteiger charge is 2.15. The number of aryl methyl sites for hydroxylation is 1. The maximum atomic E-state index is 12.5. The van der Waals surface area contributed by atoms with Gasteiger partial charge in [-0.25, -0.2) is 14.8 Å². The number of carboxylic acids is 1. The Kier molecular flexibility index (Phi) is 5.56. The molecule has 0 amide bonds. The molecule has 0 radical (unpaired) electrons. The van der Waals surface area contributed by atoms with Crippen molar-refractivity contribution in [3.8, 4) is 11.3 Å². The lowest BCUT2D eigenvalue weighted by molar-refractivity contribution is 0.0696. The summed E-state index contributed by atoms with van der Waals surface area (Å²) in [5.74, 6) is -1.05. The van der Waals surface area contributed by atoms with Crippen molar-refractivity contribution in [3.05, 3.63) is 77.6 Å². The highest BCUT2D eigenvalue weighted by molar-refractivity contribution is 5.98. The number of carbonyl (C=O) groups excluding carboxylic acids is 1. The van der Waals surface area contributed by atoms with Crippen molar-refractivity contribution in [1.29, 1.82) is 0 Å². The molecule has 3 aromatic rings. The zero-order chi connectivity index (χ0) is 19.2. The molecule has 136 valence electrons. The molecule has 0 unspecified atom stereocenters. The average Bonchev–Trinajstić information content (AvgIpc) is 2.69. The van der Waals surface area contributed by atoms with Crippen LogP contribution >= 0.6 is 0 Å². The van der Waals surface area contributed by atoms with Gasteiger partial charge < -0.3 is 10.8 Å². The molecule has 2 aromatic carbocycles. The number of hydrogen-bond acceptors (Lipinski definition) is 5. The van der Waals surface area contributed by atoms with Crippen LogP contribution in [0.15, 0.2) is 60.8 Å². The van der Waals surface area contributed by atoms with Crippen LogP contribution in [0, 0.1) is 0 Å². The van der Waals surface area contributed by atoms with Gasteiger partial charge in [0.15, 0.2) is 11.6 Å². The number of nitrogen functional groups attached to an aromatic ring is 1. The Hall–Kier alpha value is -3.54. The SMILES string of the molecule is Nc1ncc(-c2ccc(C(=O)O)cc2)nc1C(=O)CCCc1ccccc1. The van der Waals surface area contributed by atoms with E-state index in [1.54, 1.807) is 12.1 Å². The number of aromatic carboxylic acids is 1. The lowest BCUT2D eigenvalue weighted by Crippen LogP contribution is -2.09. The summed E-state index contributed by atoms with van der Waals surface area (Å²) in [6.07, 6.45) is 3.30. The molecule has 0 bridgehead atoms. The van der Waals surface area contributed by atoms with E-state index in [0.717, 1.165) is 6.42 Å². The van der Waals surface area contributed by atoms with E-state index in [1.807, 2.05) is 30.3 Å². The van der Waals surface area contributed by atoms with Gasteiger partial charge in [-0.05, 0) is 30.5 Å². The Balaban J connectivity index is 1.72. The molecule has 0 saturated heterocycles. The van der Waals surface area contributed by atoms with Gasteiger partial charge in [-0.3, -0.25) is 4.79 Å². The van der Waals surface area contributed by atoms with E-state index in [4.69, 9.17) is 10.8 Å². The van der Waals surface area contributed by atoms with E-state index in [2.05, 4.69) is 9.97 Å². The molecule has 6 heteroatoms. The van der Waals surface area contributed by atoms with Gasteiger partial charge in [-0.15, -0.1) is 0 Å². The molecule has 0 aliphatic rings. The van der Waals surface area contributed by atoms with E-state index < -0.39 is 5.97 Å². The first-order valence-corrected chi connectivity index (χ1v) is 8.58. The van der Waals surface area contributed by atoms with E-state index in [9.17, 15) is 9.59 Å². The van der Waals surface area contributed by atoms with Gasteiger partial charge in [0.2, 0.25) is 0 Å². The van der Waals surface area contributed by atoms with Crippen LogP contribution in [-0.4, -0.2) is 26.8 Å². The van der Waals surface area contributed by atoms with Crippen LogP contribution in [0.3, 0.4) is 0 Å². The van der Waals surface area contributed by atoms with Crippen LogP contribution in [0.2, 0.25) is 0 Å². The molecular weight excluding hydrogens is 342 g/mol. The largest absolute Gasteiger partial charge is 0.478 e. The van der Waals surface area contributed by atoms with Gasteiger partial charge in [-0.1, -0.05) is 42.5 Å². The smallest absolute Gasteiger partial charge is 0.335 e. The van der Waals surface area contributed by atoms with Crippen molar-refractivity contribution < 1.29 is 14.7 Å². The topological polar surface area (TPSA) is 106 Å². The van der Waals surface area contributed by atoms with Crippen LogP contribution < -0.4 is 5.73 Å². The second kappa shape index (κ2) is 8.23. The first-order valence-electron chi connectivity index (χ1n) is 8.58. The number of carbonyl (C=O) groups is 2. The second-order valence-corrected chi connectivity index (χ2v) is 6.13. The predicted molar refractivity (Wildman–Crippen MR) is 103 cm³/mol. The number of hydrogen-bond donors (Lipinski definition) is 2. The summed E-state index contributed by atoms with van der Waals surface area (Å²) in [7, 11) is 0. The zero-order valence-corrected chi connectivity index (χ0v) is 14.6. The molecule has 27 heavy (non-hydrogen) atoms. The molecule has 0 saturated carbocycles. The fourth-order valence-electron chi connectivity index (χ4n) is 2.74. The fraction of sp³-hybridized carbons (Fsp3) is 0.143. The van der Waals surface area contributed by atoms with Crippen molar-refractivity contribution >= 4 is 17.6 Å². The van der Waals surface area contributed by atoms with E-state index in [1.165, 1.54) is 23.9 Å². The van der Waals surface area contributed by atoms with Crippen molar-refractivity contribution in [1.82, 2.24) is 9.97 Å². The number of nitrogens with zero attached hydrogens (tertiary/aromatic N) is 2. The third-order valence-electron chi connectivity index (χ3n) is 4.20. The van der Waals surface area contributed by atoms with Crippen LogP contribution in [0.4, 0.5) is 5.82 Å². The van der Waals surface area contributed by atoms with Crippen molar-refractivity contribution in [2.45, 2.75) is 19.3 Å². The van der Waals surface area contributed by atoms with Crippen LogP contribution in [0.25, 0.3) is 11.3 Å². The molecule has 3 rings (SSSR count). The number of aromatic nitrogens is 2. The lowest BCUT2D eigenvalue weighted by atomic mass is 10.0. The molecule has 0 aliphatic carbocycles. The summed E-state index contributed by atoms with van der Waals surface area (Å²) in [5.41, 5.74) is 8.51. The van der Waals surface area contributed by atoms with E-state index in [-0.39, 0.29) is 22.9 Å². The third-order valence-corrected chi connectivity index (χ3v) is 4.20. The highest BCUT2D eigenvalue weighted by atomic mass is 16.4. The number of Topliss-reactive ketones (excluding diaryl/α,β-unsaturated/α-hetero) is 1. The second-order valence-electron chi connectivity index (χ2n) is 6.13. The predicted octanol–water partition coefficient (Wildman–Crippen LogP) is 3.63. The maximum Gasteiger partial charge on any atom is 0.335 e. The molecule has 1 heterocycles. The summed E-state index contributed by atoms with van der Waals surface area (Å²) in [5, 5.41) is 8.98. The average molecular weight is 361 g/mol. The monoisotopic (exact) mass is 361 g/mol. The summed E-state index contributed by atoms with van der Waals surface area (Å²) < 4.78 is 0. The van der Waals surface area contributed by atoms with Gasteiger partial charge >= 0.3 is 5.97 Å². The van der Waals surface area contributed by atoms with Crippen molar-refractivity contribution in [3.63, 3.8) is 0 Å². The number of nitrogens with two attached hydrogens (primary N) is 1. The van der Waals surface area contributed by atoms with Gasteiger partial charge in [0, 0.05) is 12.0 Å². The first-order chi connectivity index (χ1) is 13.0. The molecule has 1 aromatic heterocycles. The summed E-state index contributed by atoms with van der Waals surface area (Å²) in [6, 6.07) is 16.2. The Morgan fingerprint density at radius 1 is 1.00 bits per heavy atom. The van der Waals surface area contributed by atoms with Gasteiger partial charge in [0.25, 0.3) is 0 Å².